The maximum Gasteiger partial charge on any atom is 0.0412 e. The second-order valence-corrected chi connectivity index (χ2v) is 4.57. The number of benzene rings is 1. The lowest BCUT2D eigenvalue weighted by atomic mass is 9.91. The van der Waals surface area contributed by atoms with Gasteiger partial charge in [-0.05, 0) is 31.9 Å². The molecule has 2 nitrogen and oxygen atoms in total. The van der Waals surface area contributed by atoms with Gasteiger partial charge < -0.3 is 11.1 Å². The van der Waals surface area contributed by atoms with Gasteiger partial charge in [0.15, 0.2) is 0 Å². The van der Waals surface area contributed by atoms with Gasteiger partial charge in [-0.2, -0.15) is 0 Å². The topological polar surface area (TPSA) is 38.0 Å². The monoisotopic (exact) mass is 204 g/mol. The van der Waals surface area contributed by atoms with Gasteiger partial charge in [0.2, 0.25) is 0 Å². The standard InChI is InChI=1S/C13H20N2/c1-10-6-8-11(9-7-10)15-13-5-3-2-4-12(13)14/h6-9,12-13,15H,2-5,14H2,1H3/t12-,13+/m1/s1. The van der Waals surface area contributed by atoms with Crippen LogP contribution in [0.2, 0.25) is 0 Å². The van der Waals surface area contributed by atoms with Gasteiger partial charge in [-0.15, -0.1) is 0 Å². The molecular formula is C13H20N2. The Hall–Kier alpha value is -1.02. The first-order valence-electron chi connectivity index (χ1n) is 5.84. The van der Waals surface area contributed by atoms with Gasteiger partial charge in [-0.3, -0.25) is 0 Å². The Balaban J connectivity index is 1.98. The largest absolute Gasteiger partial charge is 0.381 e. The lowest BCUT2D eigenvalue weighted by molar-refractivity contribution is 0.404. The summed E-state index contributed by atoms with van der Waals surface area (Å²) >= 11 is 0. The minimum Gasteiger partial charge on any atom is -0.381 e. The van der Waals surface area contributed by atoms with Crippen LogP contribution in [0.1, 0.15) is 31.2 Å². The Morgan fingerprint density at radius 2 is 1.80 bits per heavy atom. The third kappa shape index (κ3) is 2.72. The van der Waals surface area contributed by atoms with Gasteiger partial charge in [0, 0.05) is 17.8 Å². The fourth-order valence-electron chi connectivity index (χ4n) is 2.20. The zero-order chi connectivity index (χ0) is 10.7. The molecule has 0 amide bonds. The van der Waals surface area contributed by atoms with Gasteiger partial charge >= 0.3 is 0 Å². The molecule has 1 aliphatic carbocycles. The fourth-order valence-corrected chi connectivity index (χ4v) is 2.20. The van der Waals surface area contributed by atoms with E-state index in [4.69, 9.17) is 5.73 Å². The third-order valence-electron chi connectivity index (χ3n) is 3.22. The summed E-state index contributed by atoms with van der Waals surface area (Å²) in [4.78, 5) is 0. The van der Waals surface area contributed by atoms with Gasteiger partial charge in [-0.25, -0.2) is 0 Å². The summed E-state index contributed by atoms with van der Waals surface area (Å²) in [5.74, 6) is 0. The van der Waals surface area contributed by atoms with Crippen LogP contribution in [0, 0.1) is 6.92 Å². The molecule has 1 fully saturated rings. The molecule has 0 unspecified atom stereocenters. The Morgan fingerprint density at radius 1 is 1.13 bits per heavy atom. The molecule has 1 aromatic carbocycles. The average molecular weight is 204 g/mol. The lowest BCUT2D eigenvalue weighted by Crippen LogP contribution is -2.42. The van der Waals surface area contributed by atoms with Crippen LogP contribution in [0.5, 0.6) is 0 Å². The zero-order valence-electron chi connectivity index (χ0n) is 9.37. The highest BCUT2D eigenvalue weighted by molar-refractivity contribution is 5.45. The number of aryl methyl sites for hydroxylation is 1. The molecule has 15 heavy (non-hydrogen) atoms. The van der Waals surface area contributed by atoms with Gasteiger partial charge in [0.1, 0.15) is 0 Å². The average Bonchev–Trinajstić information content (AvgIpc) is 2.25. The molecule has 2 heteroatoms. The number of hydrogen-bond donors (Lipinski definition) is 2. The van der Waals surface area contributed by atoms with Gasteiger partial charge in [0.25, 0.3) is 0 Å². The molecule has 0 saturated heterocycles. The molecule has 0 spiro atoms. The summed E-state index contributed by atoms with van der Waals surface area (Å²) in [6, 6.07) is 9.32. The predicted octanol–water partition coefficient (Wildman–Crippen LogP) is 2.68. The molecule has 82 valence electrons. The minimum absolute atomic E-state index is 0.319. The molecule has 0 radical (unpaired) electrons. The highest BCUT2D eigenvalue weighted by Crippen LogP contribution is 2.21. The van der Waals surface area contributed by atoms with E-state index in [0.29, 0.717) is 12.1 Å². The Labute approximate surface area is 91.9 Å². The molecule has 0 bridgehead atoms. The van der Waals surface area contributed by atoms with Crippen LogP contribution < -0.4 is 11.1 Å². The van der Waals surface area contributed by atoms with Gasteiger partial charge in [-0.1, -0.05) is 30.5 Å². The first-order chi connectivity index (χ1) is 7.25. The second kappa shape index (κ2) is 4.67. The summed E-state index contributed by atoms with van der Waals surface area (Å²) in [6.07, 6.45) is 4.95. The van der Waals surface area contributed by atoms with Crippen molar-refractivity contribution in [2.75, 3.05) is 5.32 Å². The van der Waals surface area contributed by atoms with Crippen LogP contribution in [0.4, 0.5) is 5.69 Å². The molecule has 2 atom stereocenters. The molecule has 3 N–H and O–H groups in total. The maximum atomic E-state index is 6.09. The van der Waals surface area contributed by atoms with Crippen molar-refractivity contribution in [3.63, 3.8) is 0 Å². The van der Waals surface area contributed by atoms with Crippen molar-refractivity contribution >= 4 is 5.69 Å². The number of anilines is 1. The predicted molar refractivity (Wildman–Crippen MR) is 65.0 cm³/mol. The van der Waals surface area contributed by atoms with Crippen LogP contribution in [0.25, 0.3) is 0 Å². The lowest BCUT2D eigenvalue weighted by Gasteiger charge is -2.30. The van der Waals surface area contributed by atoms with E-state index in [9.17, 15) is 0 Å². The van der Waals surface area contributed by atoms with Crippen LogP contribution in [0.15, 0.2) is 24.3 Å². The molecule has 2 rings (SSSR count). The highest BCUT2D eigenvalue weighted by atomic mass is 15.0. The van der Waals surface area contributed by atoms with Crippen LogP contribution in [-0.2, 0) is 0 Å². The first-order valence-corrected chi connectivity index (χ1v) is 5.84. The van der Waals surface area contributed by atoms with E-state index in [1.54, 1.807) is 0 Å². The quantitative estimate of drug-likeness (QED) is 0.777. The molecule has 0 aromatic heterocycles. The van der Waals surface area contributed by atoms with E-state index in [1.165, 1.54) is 30.5 Å². The second-order valence-electron chi connectivity index (χ2n) is 4.57. The molecule has 1 aromatic rings. The van der Waals surface area contributed by atoms with E-state index >= 15 is 0 Å². The molecular weight excluding hydrogens is 184 g/mol. The van der Waals surface area contributed by atoms with Crippen molar-refractivity contribution in [3.05, 3.63) is 29.8 Å². The summed E-state index contributed by atoms with van der Waals surface area (Å²) < 4.78 is 0. The van der Waals surface area contributed by atoms with Crippen molar-refractivity contribution in [1.29, 1.82) is 0 Å². The summed E-state index contributed by atoms with van der Waals surface area (Å²) in [5, 5.41) is 3.53. The number of hydrogen-bond acceptors (Lipinski definition) is 2. The van der Waals surface area contributed by atoms with Crippen molar-refractivity contribution in [1.82, 2.24) is 0 Å². The SMILES string of the molecule is Cc1ccc(N[C@H]2CCCC[C@H]2N)cc1. The fraction of sp³-hybridized carbons (Fsp3) is 0.538. The first kappa shape index (κ1) is 10.5. The van der Waals surface area contributed by atoms with Crippen molar-refractivity contribution in [2.24, 2.45) is 5.73 Å². The van der Waals surface area contributed by atoms with Crippen molar-refractivity contribution in [3.8, 4) is 0 Å². The smallest absolute Gasteiger partial charge is 0.0412 e. The van der Waals surface area contributed by atoms with Crippen LogP contribution in [0.3, 0.4) is 0 Å². The molecule has 0 heterocycles. The van der Waals surface area contributed by atoms with E-state index in [2.05, 4.69) is 36.5 Å². The Morgan fingerprint density at radius 3 is 2.47 bits per heavy atom. The number of nitrogens with two attached hydrogens (primary N) is 1. The van der Waals surface area contributed by atoms with E-state index < -0.39 is 0 Å². The van der Waals surface area contributed by atoms with Crippen LogP contribution in [-0.4, -0.2) is 12.1 Å². The van der Waals surface area contributed by atoms with Crippen molar-refractivity contribution < 1.29 is 0 Å². The van der Waals surface area contributed by atoms with E-state index in [0.717, 1.165) is 6.42 Å². The zero-order valence-corrected chi connectivity index (χ0v) is 9.37. The Bertz CT molecular complexity index is 305. The number of nitrogens with one attached hydrogen (secondary N) is 1. The highest BCUT2D eigenvalue weighted by Gasteiger charge is 2.21. The third-order valence-corrected chi connectivity index (χ3v) is 3.22. The minimum atomic E-state index is 0.319. The summed E-state index contributed by atoms with van der Waals surface area (Å²) in [5.41, 5.74) is 8.59. The molecule has 1 saturated carbocycles. The maximum absolute atomic E-state index is 6.09. The molecule has 0 aliphatic heterocycles. The van der Waals surface area contributed by atoms with E-state index in [1.807, 2.05) is 0 Å². The number of rotatable bonds is 2. The molecule has 1 aliphatic rings. The van der Waals surface area contributed by atoms with E-state index in [-0.39, 0.29) is 0 Å². The normalized spacial score (nSPS) is 26.3. The van der Waals surface area contributed by atoms with Gasteiger partial charge in [0.05, 0.1) is 0 Å². The summed E-state index contributed by atoms with van der Waals surface area (Å²) in [7, 11) is 0. The Kier molecular flexibility index (Phi) is 3.27. The summed E-state index contributed by atoms with van der Waals surface area (Å²) in [6.45, 7) is 2.11. The van der Waals surface area contributed by atoms with Crippen LogP contribution >= 0.6 is 0 Å². The van der Waals surface area contributed by atoms with Crippen molar-refractivity contribution in [2.45, 2.75) is 44.7 Å².